The average molecular weight is 218 g/mol. The van der Waals surface area contributed by atoms with Crippen molar-refractivity contribution in [1.82, 2.24) is 0 Å². The number of fused-ring (bicyclic) bond motifs is 1. The molecular weight excluding hydrogens is 200 g/mol. The quantitative estimate of drug-likeness (QED) is 0.710. The van der Waals surface area contributed by atoms with Gasteiger partial charge in [0.2, 0.25) is 0 Å². The van der Waals surface area contributed by atoms with E-state index in [4.69, 9.17) is 4.74 Å². The summed E-state index contributed by atoms with van der Waals surface area (Å²) in [6, 6.07) is 6.85. The van der Waals surface area contributed by atoms with E-state index in [9.17, 15) is 0 Å². The third-order valence-corrected chi connectivity index (χ3v) is 3.57. The third kappa shape index (κ3) is 1.65. The van der Waals surface area contributed by atoms with Crippen molar-refractivity contribution in [2.45, 2.75) is 6.42 Å². The summed E-state index contributed by atoms with van der Waals surface area (Å²) in [7, 11) is 2.17. The first kappa shape index (κ1) is 9.97. The fourth-order valence-corrected chi connectivity index (χ4v) is 2.57. The van der Waals surface area contributed by atoms with Crippen LogP contribution < -0.4 is 9.80 Å². The first-order chi connectivity index (χ1) is 7.84. The molecule has 0 aromatic heterocycles. The molecule has 1 saturated heterocycles. The molecule has 16 heavy (non-hydrogen) atoms. The smallest absolute Gasteiger partial charge is 0.0642 e. The predicted octanol–water partition coefficient (Wildman–Crippen LogP) is 1.52. The lowest BCUT2D eigenvalue weighted by atomic mass is 10.1. The van der Waals surface area contributed by atoms with Crippen LogP contribution in [0.5, 0.6) is 0 Å². The predicted molar refractivity (Wildman–Crippen MR) is 66.4 cm³/mol. The number of rotatable bonds is 1. The Morgan fingerprint density at radius 2 is 1.94 bits per heavy atom. The first-order valence-electron chi connectivity index (χ1n) is 6.01. The van der Waals surface area contributed by atoms with E-state index in [1.165, 1.54) is 23.4 Å². The molecule has 1 aromatic carbocycles. The highest BCUT2D eigenvalue weighted by molar-refractivity contribution is 5.64. The molecule has 0 amide bonds. The summed E-state index contributed by atoms with van der Waals surface area (Å²) in [4.78, 5) is 4.75. The molecule has 0 unspecified atom stereocenters. The van der Waals surface area contributed by atoms with E-state index in [2.05, 4.69) is 35.0 Å². The van der Waals surface area contributed by atoms with E-state index < -0.39 is 0 Å². The van der Waals surface area contributed by atoms with Crippen LogP contribution in [-0.4, -0.2) is 39.9 Å². The van der Waals surface area contributed by atoms with Gasteiger partial charge in [-0.1, -0.05) is 0 Å². The second-order valence-corrected chi connectivity index (χ2v) is 4.58. The SMILES string of the molecule is CN1CCc2cc(N3CCOCC3)ccc21. The summed E-state index contributed by atoms with van der Waals surface area (Å²) in [6.45, 7) is 4.92. The van der Waals surface area contributed by atoms with Crippen molar-refractivity contribution < 1.29 is 4.74 Å². The van der Waals surface area contributed by atoms with E-state index in [0.29, 0.717) is 0 Å². The molecule has 0 radical (unpaired) electrons. The topological polar surface area (TPSA) is 15.7 Å². The van der Waals surface area contributed by atoms with E-state index in [0.717, 1.165) is 32.8 Å². The molecule has 1 fully saturated rings. The van der Waals surface area contributed by atoms with Crippen molar-refractivity contribution in [3.05, 3.63) is 23.8 Å². The molecule has 3 rings (SSSR count). The summed E-state index contributed by atoms with van der Waals surface area (Å²) in [5, 5.41) is 0. The van der Waals surface area contributed by atoms with Gasteiger partial charge in [0.1, 0.15) is 0 Å². The van der Waals surface area contributed by atoms with Crippen LogP contribution in [0.15, 0.2) is 18.2 Å². The van der Waals surface area contributed by atoms with E-state index in [1.54, 1.807) is 0 Å². The molecule has 0 saturated carbocycles. The Hall–Kier alpha value is -1.22. The maximum atomic E-state index is 5.38. The molecule has 3 heteroatoms. The van der Waals surface area contributed by atoms with Crippen molar-refractivity contribution in [2.24, 2.45) is 0 Å². The van der Waals surface area contributed by atoms with Gasteiger partial charge in [0.25, 0.3) is 0 Å². The summed E-state index contributed by atoms with van der Waals surface area (Å²) in [6.07, 6.45) is 1.18. The van der Waals surface area contributed by atoms with E-state index >= 15 is 0 Å². The van der Waals surface area contributed by atoms with Gasteiger partial charge >= 0.3 is 0 Å². The molecule has 2 aliphatic rings. The fourth-order valence-electron chi connectivity index (χ4n) is 2.57. The zero-order valence-electron chi connectivity index (χ0n) is 9.78. The lowest BCUT2D eigenvalue weighted by molar-refractivity contribution is 0.122. The molecular formula is C13H18N2O. The Morgan fingerprint density at radius 1 is 1.12 bits per heavy atom. The number of nitrogens with zero attached hydrogens (tertiary/aromatic N) is 2. The Bertz CT molecular complexity index is 386. The van der Waals surface area contributed by atoms with Crippen molar-refractivity contribution in [3.63, 3.8) is 0 Å². The van der Waals surface area contributed by atoms with Crippen molar-refractivity contribution in [3.8, 4) is 0 Å². The van der Waals surface area contributed by atoms with Crippen LogP contribution in [-0.2, 0) is 11.2 Å². The van der Waals surface area contributed by atoms with Crippen LogP contribution in [0.2, 0.25) is 0 Å². The van der Waals surface area contributed by atoms with Crippen LogP contribution in [0.1, 0.15) is 5.56 Å². The number of hydrogen-bond donors (Lipinski definition) is 0. The van der Waals surface area contributed by atoms with Crippen LogP contribution in [0.3, 0.4) is 0 Å². The zero-order chi connectivity index (χ0) is 11.0. The summed E-state index contributed by atoms with van der Waals surface area (Å²) in [5.41, 5.74) is 4.25. The van der Waals surface area contributed by atoms with Crippen LogP contribution in [0, 0.1) is 0 Å². The van der Waals surface area contributed by atoms with Gasteiger partial charge in [-0.05, 0) is 30.2 Å². The lowest BCUT2D eigenvalue weighted by Gasteiger charge is -2.29. The number of hydrogen-bond acceptors (Lipinski definition) is 3. The molecule has 86 valence electrons. The van der Waals surface area contributed by atoms with Gasteiger partial charge in [-0.2, -0.15) is 0 Å². The van der Waals surface area contributed by atoms with Crippen LogP contribution >= 0.6 is 0 Å². The largest absolute Gasteiger partial charge is 0.378 e. The molecule has 1 aromatic rings. The van der Waals surface area contributed by atoms with Crippen molar-refractivity contribution >= 4 is 11.4 Å². The van der Waals surface area contributed by atoms with Crippen LogP contribution in [0.4, 0.5) is 11.4 Å². The molecule has 0 atom stereocenters. The van der Waals surface area contributed by atoms with Gasteiger partial charge in [-0.15, -0.1) is 0 Å². The van der Waals surface area contributed by atoms with Crippen molar-refractivity contribution in [2.75, 3.05) is 49.7 Å². The molecule has 3 nitrogen and oxygen atoms in total. The Labute approximate surface area is 96.6 Å². The Balaban J connectivity index is 1.86. The summed E-state index contributed by atoms with van der Waals surface area (Å²) in [5.74, 6) is 0. The minimum absolute atomic E-state index is 0.858. The van der Waals surface area contributed by atoms with Crippen LogP contribution in [0.25, 0.3) is 0 Å². The average Bonchev–Trinajstić information content (AvgIpc) is 2.72. The molecule has 0 bridgehead atoms. The van der Waals surface area contributed by atoms with E-state index in [1.807, 2.05) is 0 Å². The Kier molecular flexibility index (Phi) is 2.48. The van der Waals surface area contributed by atoms with Gasteiger partial charge in [0, 0.05) is 38.1 Å². The lowest BCUT2D eigenvalue weighted by Crippen LogP contribution is -2.36. The first-order valence-corrected chi connectivity index (χ1v) is 6.01. The maximum Gasteiger partial charge on any atom is 0.0642 e. The highest BCUT2D eigenvalue weighted by Crippen LogP contribution is 2.30. The number of anilines is 2. The number of ether oxygens (including phenoxy) is 1. The number of benzene rings is 1. The molecule has 0 aliphatic carbocycles. The monoisotopic (exact) mass is 218 g/mol. The highest BCUT2D eigenvalue weighted by Gasteiger charge is 2.18. The highest BCUT2D eigenvalue weighted by atomic mass is 16.5. The van der Waals surface area contributed by atoms with E-state index in [-0.39, 0.29) is 0 Å². The van der Waals surface area contributed by atoms with Gasteiger partial charge in [0.15, 0.2) is 0 Å². The van der Waals surface area contributed by atoms with Gasteiger partial charge in [-0.25, -0.2) is 0 Å². The molecule has 0 N–H and O–H groups in total. The minimum Gasteiger partial charge on any atom is -0.378 e. The molecule has 2 heterocycles. The second-order valence-electron chi connectivity index (χ2n) is 4.58. The van der Waals surface area contributed by atoms with Gasteiger partial charge in [-0.3, -0.25) is 0 Å². The zero-order valence-corrected chi connectivity index (χ0v) is 9.78. The second kappa shape index (κ2) is 3.98. The standard InChI is InChI=1S/C13H18N2O/c1-14-5-4-11-10-12(2-3-13(11)14)15-6-8-16-9-7-15/h2-3,10H,4-9H2,1H3. The Morgan fingerprint density at radius 3 is 2.75 bits per heavy atom. The van der Waals surface area contributed by atoms with Gasteiger partial charge < -0.3 is 14.5 Å². The third-order valence-electron chi connectivity index (χ3n) is 3.57. The molecule has 0 spiro atoms. The normalized spacial score (nSPS) is 20.1. The maximum absolute atomic E-state index is 5.38. The number of likely N-dealkylation sites (N-methyl/N-ethyl adjacent to an activating group) is 1. The summed E-state index contributed by atoms with van der Waals surface area (Å²) >= 11 is 0. The number of morpholine rings is 1. The summed E-state index contributed by atoms with van der Waals surface area (Å²) < 4.78 is 5.38. The fraction of sp³-hybridized carbons (Fsp3) is 0.538. The van der Waals surface area contributed by atoms with Gasteiger partial charge in [0.05, 0.1) is 13.2 Å². The molecule has 2 aliphatic heterocycles. The van der Waals surface area contributed by atoms with Crippen molar-refractivity contribution in [1.29, 1.82) is 0 Å². The minimum atomic E-state index is 0.858.